The van der Waals surface area contributed by atoms with Gasteiger partial charge in [-0.25, -0.2) is 0 Å². The van der Waals surface area contributed by atoms with Gasteiger partial charge in [-0.15, -0.1) is 0 Å². The van der Waals surface area contributed by atoms with Crippen molar-refractivity contribution in [3.8, 4) is 0 Å². The summed E-state index contributed by atoms with van der Waals surface area (Å²) in [5, 5.41) is 0. The first-order valence-corrected chi connectivity index (χ1v) is 4.30. The van der Waals surface area contributed by atoms with Crippen LogP contribution in [0, 0.1) is 5.92 Å². The van der Waals surface area contributed by atoms with Crippen molar-refractivity contribution < 1.29 is 4.79 Å². The molecule has 2 nitrogen and oxygen atoms in total. The van der Waals surface area contributed by atoms with Gasteiger partial charge in [0.05, 0.1) is 5.92 Å². The third kappa shape index (κ3) is 2.05. The second kappa shape index (κ2) is 4.21. The van der Waals surface area contributed by atoms with Gasteiger partial charge >= 0.3 is 0 Å². The van der Waals surface area contributed by atoms with E-state index in [1.807, 2.05) is 0 Å². The fourth-order valence-corrected chi connectivity index (χ4v) is 1.48. The van der Waals surface area contributed by atoms with E-state index < -0.39 is 0 Å². The van der Waals surface area contributed by atoms with Gasteiger partial charge in [0.25, 0.3) is 0 Å². The molecule has 0 fully saturated rings. The summed E-state index contributed by atoms with van der Waals surface area (Å²) in [6.07, 6.45) is 8.15. The van der Waals surface area contributed by atoms with Crippen LogP contribution in [0.2, 0.25) is 0 Å². The van der Waals surface area contributed by atoms with E-state index in [0.29, 0.717) is 6.54 Å². The number of ketones is 1. The number of hydrogen-bond donors (Lipinski definition) is 1. The van der Waals surface area contributed by atoms with Gasteiger partial charge in [0.15, 0.2) is 0 Å². The summed E-state index contributed by atoms with van der Waals surface area (Å²) < 4.78 is 0. The molecule has 1 unspecified atom stereocenters. The summed E-state index contributed by atoms with van der Waals surface area (Å²) in [5.41, 5.74) is 6.71. The lowest BCUT2D eigenvalue weighted by atomic mass is 9.90. The third-order valence-corrected chi connectivity index (χ3v) is 2.21. The first kappa shape index (κ1) is 9.20. The van der Waals surface area contributed by atoms with E-state index >= 15 is 0 Å². The van der Waals surface area contributed by atoms with Crippen molar-refractivity contribution >= 4 is 5.78 Å². The van der Waals surface area contributed by atoms with Crippen LogP contribution in [0.1, 0.15) is 19.8 Å². The van der Waals surface area contributed by atoms with Crippen molar-refractivity contribution in [3.63, 3.8) is 0 Å². The van der Waals surface area contributed by atoms with Crippen molar-refractivity contribution in [2.75, 3.05) is 6.54 Å². The highest BCUT2D eigenvalue weighted by Crippen LogP contribution is 2.19. The zero-order chi connectivity index (χ0) is 8.97. The summed E-state index contributed by atoms with van der Waals surface area (Å²) in [6.45, 7) is 2.05. The van der Waals surface area contributed by atoms with Crippen LogP contribution >= 0.6 is 0 Å². The molecule has 0 saturated heterocycles. The molecule has 0 aromatic rings. The molecule has 66 valence electrons. The molecule has 0 spiro atoms. The number of rotatable bonds is 3. The molecule has 0 bridgehead atoms. The average Bonchev–Trinajstić information content (AvgIpc) is 2.07. The Kier molecular flexibility index (Phi) is 3.23. The van der Waals surface area contributed by atoms with Gasteiger partial charge in [-0.3, -0.25) is 4.79 Å². The Bertz CT molecular complexity index is 228. The fourth-order valence-electron chi connectivity index (χ4n) is 1.48. The average molecular weight is 165 g/mol. The van der Waals surface area contributed by atoms with Crippen LogP contribution in [0.15, 0.2) is 23.8 Å². The highest BCUT2D eigenvalue weighted by molar-refractivity contribution is 5.81. The maximum atomic E-state index is 11.1. The summed E-state index contributed by atoms with van der Waals surface area (Å²) >= 11 is 0. The van der Waals surface area contributed by atoms with Gasteiger partial charge in [0, 0.05) is 6.54 Å². The van der Waals surface area contributed by atoms with E-state index in [0.717, 1.165) is 12.8 Å². The molecule has 0 amide bonds. The number of nitrogens with two attached hydrogens (primary N) is 1. The molecule has 0 radical (unpaired) electrons. The lowest BCUT2D eigenvalue weighted by Crippen LogP contribution is -2.23. The summed E-state index contributed by atoms with van der Waals surface area (Å²) in [6, 6.07) is 0. The maximum Gasteiger partial charge on any atom is 0.138 e. The maximum absolute atomic E-state index is 11.1. The SMILES string of the molecule is CC(=O)C(CN)C1=CCC=CC1. The molecule has 2 N–H and O–H groups in total. The molecule has 1 rings (SSSR count). The van der Waals surface area contributed by atoms with Crippen molar-refractivity contribution in [2.45, 2.75) is 19.8 Å². The molecule has 1 aliphatic rings. The Morgan fingerprint density at radius 3 is 2.83 bits per heavy atom. The van der Waals surface area contributed by atoms with Crippen molar-refractivity contribution in [1.29, 1.82) is 0 Å². The predicted octanol–water partition coefficient (Wildman–Crippen LogP) is 1.43. The minimum Gasteiger partial charge on any atom is -0.329 e. The first-order chi connectivity index (χ1) is 5.75. The molecule has 12 heavy (non-hydrogen) atoms. The number of carbonyl (C=O) groups is 1. The molecule has 0 saturated carbocycles. The molecular formula is C10H15NO. The second-order valence-electron chi connectivity index (χ2n) is 3.09. The number of allylic oxidation sites excluding steroid dienone is 3. The van der Waals surface area contributed by atoms with Crippen LogP contribution < -0.4 is 5.73 Å². The molecular weight excluding hydrogens is 150 g/mol. The van der Waals surface area contributed by atoms with Gasteiger partial charge in [-0.2, -0.15) is 0 Å². The van der Waals surface area contributed by atoms with Crippen LogP contribution in [0.3, 0.4) is 0 Å². The molecule has 2 heteroatoms. The van der Waals surface area contributed by atoms with Crippen molar-refractivity contribution in [1.82, 2.24) is 0 Å². The first-order valence-electron chi connectivity index (χ1n) is 4.30. The molecule has 0 aliphatic heterocycles. The monoisotopic (exact) mass is 165 g/mol. The van der Waals surface area contributed by atoms with E-state index in [2.05, 4.69) is 18.2 Å². The van der Waals surface area contributed by atoms with E-state index in [-0.39, 0.29) is 11.7 Å². The van der Waals surface area contributed by atoms with Crippen molar-refractivity contribution in [3.05, 3.63) is 23.8 Å². The summed E-state index contributed by atoms with van der Waals surface area (Å²) in [4.78, 5) is 11.1. The Hall–Kier alpha value is -0.890. The minimum absolute atomic E-state index is 0.0463. The standard InChI is InChI=1S/C10H15NO/c1-8(12)10(7-11)9-5-3-2-4-6-9/h2-3,6,10H,4-5,7,11H2,1H3. The molecule has 1 atom stereocenters. The van der Waals surface area contributed by atoms with Crippen LogP contribution in [-0.4, -0.2) is 12.3 Å². The fraction of sp³-hybridized carbons (Fsp3) is 0.500. The third-order valence-electron chi connectivity index (χ3n) is 2.21. The number of Topliss-reactive ketones (excluding diaryl/α,β-unsaturated/α-hetero) is 1. The van der Waals surface area contributed by atoms with E-state index in [1.165, 1.54) is 5.57 Å². The Morgan fingerprint density at radius 1 is 1.67 bits per heavy atom. The van der Waals surface area contributed by atoms with Crippen LogP contribution in [0.5, 0.6) is 0 Å². The summed E-state index contributed by atoms with van der Waals surface area (Å²) in [5.74, 6) is 0.133. The smallest absolute Gasteiger partial charge is 0.138 e. The van der Waals surface area contributed by atoms with Crippen LogP contribution in [-0.2, 0) is 4.79 Å². The zero-order valence-electron chi connectivity index (χ0n) is 7.42. The lowest BCUT2D eigenvalue weighted by Gasteiger charge is -2.16. The van der Waals surface area contributed by atoms with Crippen LogP contribution in [0.25, 0.3) is 0 Å². The molecule has 0 aromatic carbocycles. The highest BCUT2D eigenvalue weighted by atomic mass is 16.1. The quantitative estimate of drug-likeness (QED) is 0.643. The molecule has 0 aromatic heterocycles. The van der Waals surface area contributed by atoms with Gasteiger partial charge in [0.1, 0.15) is 5.78 Å². The molecule has 1 aliphatic carbocycles. The van der Waals surface area contributed by atoms with Gasteiger partial charge < -0.3 is 5.73 Å². The van der Waals surface area contributed by atoms with Crippen LogP contribution in [0.4, 0.5) is 0 Å². The highest BCUT2D eigenvalue weighted by Gasteiger charge is 2.16. The minimum atomic E-state index is -0.0463. The van der Waals surface area contributed by atoms with E-state index in [1.54, 1.807) is 6.92 Å². The molecule has 0 heterocycles. The van der Waals surface area contributed by atoms with Crippen molar-refractivity contribution in [2.24, 2.45) is 11.7 Å². The topological polar surface area (TPSA) is 43.1 Å². The lowest BCUT2D eigenvalue weighted by molar-refractivity contribution is -0.119. The largest absolute Gasteiger partial charge is 0.329 e. The van der Waals surface area contributed by atoms with Gasteiger partial charge in [-0.05, 0) is 19.8 Å². The number of hydrogen-bond acceptors (Lipinski definition) is 2. The Morgan fingerprint density at radius 2 is 2.42 bits per heavy atom. The van der Waals surface area contributed by atoms with Gasteiger partial charge in [-0.1, -0.05) is 23.8 Å². The van der Waals surface area contributed by atoms with E-state index in [4.69, 9.17) is 5.73 Å². The van der Waals surface area contributed by atoms with E-state index in [9.17, 15) is 4.79 Å². The second-order valence-corrected chi connectivity index (χ2v) is 3.09. The Labute approximate surface area is 73.1 Å². The van der Waals surface area contributed by atoms with Gasteiger partial charge in [0.2, 0.25) is 0 Å². The predicted molar refractivity (Wildman–Crippen MR) is 49.7 cm³/mol. The zero-order valence-corrected chi connectivity index (χ0v) is 7.42. The Balaban J connectivity index is 2.65. The summed E-state index contributed by atoms with van der Waals surface area (Å²) in [7, 11) is 0. The number of carbonyl (C=O) groups excluding carboxylic acids is 1. The normalized spacial score (nSPS) is 18.7.